The minimum Gasteiger partial charge on any atom is -0.392 e. The topological polar surface area (TPSA) is 165 Å². The van der Waals surface area contributed by atoms with E-state index in [0.717, 1.165) is 0 Å². The standard InChI is InChI=1S/C11H26N4O3/c12-1-5(2-13)7-9(16)8(6(3-14)4-15)11(18)10(7)17/h5-11,16-18H,1-4,12-15H2. The largest absolute Gasteiger partial charge is 0.392 e. The van der Waals surface area contributed by atoms with Crippen molar-refractivity contribution in [3.8, 4) is 0 Å². The number of hydrogen-bond donors (Lipinski definition) is 7. The van der Waals surface area contributed by atoms with Crippen molar-refractivity contribution < 1.29 is 15.3 Å². The van der Waals surface area contributed by atoms with E-state index in [1.807, 2.05) is 0 Å². The van der Waals surface area contributed by atoms with Crippen LogP contribution >= 0.6 is 0 Å². The van der Waals surface area contributed by atoms with Gasteiger partial charge >= 0.3 is 0 Å². The molecule has 1 rings (SSSR count). The molecule has 11 N–H and O–H groups in total. The third-order valence-electron chi connectivity index (χ3n) is 4.23. The fourth-order valence-electron chi connectivity index (χ4n) is 3.05. The molecule has 0 aliphatic heterocycles. The van der Waals surface area contributed by atoms with Crippen molar-refractivity contribution in [2.75, 3.05) is 26.2 Å². The van der Waals surface area contributed by atoms with Gasteiger partial charge in [-0.05, 0) is 38.0 Å². The molecule has 0 bridgehead atoms. The first-order chi connectivity index (χ1) is 8.53. The number of aliphatic hydroxyl groups excluding tert-OH is 3. The smallest absolute Gasteiger partial charge is 0.0859 e. The zero-order valence-corrected chi connectivity index (χ0v) is 10.5. The van der Waals surface area contributed by atoms with Crippen LogP contribution in [-0.4, -0.2) is 59.8 Å². The first-order valence-electron chi connectivity index (χ1n) is 6.37. The van der Waals surface area contributed by atoms with E-state index in [1.165, 1.54) is 0 Å². The Balaban J connectivity index is 2.91. The van der Waals surface area contributed by atoms with Gasteiger partial charge in [-0.3, -0.25) is 0 Å². The molecule has 4 unspecified atom stereocenters. The van der Waals surface area contributed by atoms with Crippen LogP contribution in [0.1, 0.15) is 0 Å². The molecular weight excluding hydrogens is 236 g/mol. The third kappa shape index (κ3) is 2.67. The van der Waals surface area contributed by atoms with Gasteiger partial charge in [0.1, 0.15) is 0 Å². The van der Waals surface area contributed by atoms with Crippen molar-refractivity contribution in [3.63, 3.8) is 0 Å². The van der Waals surface area contributed by atoms with E-state index in [2.05, 4.69) is 0 Å². The van der Waals surface area contributed by atoms with Gasteiger partial charge in [-0.25, -0.2) is 0 Å². The summed E-state index contributed by atoms with van der Waals surface area (Å²) in [5.74, 6) is -1.52. The average molecular weight is 262 g/mol. The second-order valence-corrected chi connectivity index (χ2v) is 5.09. The van der Waals surface area contributed by atoms with Gasteiger partial charge < -0.3 is 38.3 Å². The Morgan fingerprint density at radius 3 is 1.11 bits per heavy atom. The maximum Gasteiger partial charge on any atom is 0.0859 e. The summed E-state index contributed by atoms with van der Waals surface area (Å²) in [6.45, 7) is 1.02. The van der Waals surface area contributed by atoms with Gasteiger partial charge in [0.25, 0.3) is 0 Å². The van der Waals surface area contributed by atoms with E-state index in [9.17, 15) is 15.3 Å². The summed E-state index contributed by atoms with van der Waals surface area (Å²) in [4.78, 5) is 0. The second-order valence-electron chi connectivity index (χ2n) is 5.09. The zero-order chi connectivity index (χ0) is 13.9. The van der Waals surface area contributed by atoms with Crippen molar-refractivity contribution in [2.24, 2.45) is 46.6 Å². The van der Waals surface area contributed by atoms with Gasteiger partial charge in [0.15, 0.2) is 0 Å². The molecule has 108 valence electrons. The van der Waals surface area contributed by atoms with E-state index in [-0.39, 0.29) is 38.0 Å². The van der Waals surface area contributed by atoms with Crippen molar-refractivity contribution in [3.05, 3.63) is 0 Å². The summed E-state index contributed by atoms with van der Waals surface area (Å²) in [7, 11) is 0. The number of aliphatic hydroxyl groups is 3. The van der Waals surface area contributed by atoms with Crippen LogP contribution < -0.4 is 22.9 Å². The van der Waals surface area contributed by atoms with Crippen molar-refractivity contribution >= 4 is 0 Å². The lowest BCUT2D eigenvalue weighted by Gasteiger charge is -2.29. The van der Waals surface area contributed by atoms with Crippen molar-refractivity contribution in [1.82, 2.24) is 0 Å². The molecule has 0 aromatic carbocycles. The summed E-state index contributed by atoms with van der Waals surface area (Å²) < 4.78 is 0. The van der Waals surface area contributed by atoms with Crippen molar-refractivity contribution in [1.29, 1.82) is 0 Å². The molecule has 0 spiro atoms. The molecule has 0 saturated heterocycles. The monoisotopic (exact) mass is 262 g/mol. The molecule has 7 nitrogen and oxygen atoms in total. The Morgan fingerprint density at radius 2 is 0.889 bits per heavy atom. The molecule has 1 fully saturated rings. The zero-order valence-electron chi connectivity index (χ0n) is 10.5. The molecule has 1 aliphatic carbocycles. The van der Waals surface area contributed by atoms with Crippen LogP contribution in [0.25, 0.3) is 0 Å². The highest BCUT2D eigenvalue weighted by atomic mass is 16.3. The van der Waals surface area contributed by atoms with E-state index >= 15 is 0 Å². The molecule has 18 heavy (non-hydrogen) atoms. The predicted molar refractivity (Wildman–Crippen MR) is 68.2 cm³/mol. The fourth-order valence-corrected chi connectivity index (χ4v) is 3.05. The minimum absolute atomic E-state index is 0.231. The molecule has 0 amide bonds. The highest BCUT2D eigenvalue weighted by Crippen LogP contribution is 2.39. The van der Waals surface area contributed by atoms with E-state index in [0.29, 0.717) is 0 Å². The Labute approximate surface area is 107 Å². The fraction of sp³-hybridized carbons (Fsp3) is 1.00. The summed E-state index contributed by atoms with van der Waals surface area (Å²) >= 11 is 0. The normalized spacial score (nSPS) is 36.8. The Hall–Kier alpha value is -0.280. The second kappa shape index (κ2) is 6.76. The lowest BCUT2D eigenvalue weighted by atomic mass is 9.83. The maximum absolute atomic E-state index is 10.3. The first kappa shape index (κ1) is 15.8. The van der Waals surface area contributed by atoms with Gasteiger partial charge in [-0.2, -0.15) is 0 Å². The molecule has 4 atom stereocenters. The van der Waals surface area contributed by atoms with Crippen LogP contribution in [0.15, 0.2) is 0 Å². The van der Waals surface area contributed by atoms with E-state index in [4.69, 9.17) is 22.9 Å². The minimum atomic E-state index is -1.04. The molecule has 0 radical (unpaired) electrons. The van der Waals surface area contributed by atoms with Crippen LogP contribution in [0.3, 0.4) is 0 Å². The van der Waals surface area contributed by atoms with E-state index in [1.54, 1.807) is 0 Å². The molecular formula is C11H26N4O3. The number of rotatable bonds is 6. The van der Waals surface area contributed by atoms with Crippen LogP contribution in [0.2, 0.25) is 0 Å². The van der Waals surface area contributed by atoms with Gasteiger partial charge in [0.2, 0.25) is 0 Å². The van der Waals surface area contributed by atoms with Gasteiger partial charge in [-0.1, -0.05) is 0 Å². The average Bonchev–Trinajstić information content (AvgIpc) is 2.59. The van der Waals surface area contributed by atoms with Gasteiger partial charge in [0, 0.05) is 11.8 Å². The molecule has 0 aromatic rings. The SMILES string of the molecule is NCC(CN)C1C(O)C(O)C(C(CN)CN)C1O. The Bertz CT molecular complexity index is 224. The Kier molecular flexibility index (Phi) is 5.93. The van der Waals surface area contributed by atoms with Crippen LogP contribution in [0.4, 0.5) is 0 Å². The van der Waals surface area contributed by atoms with Crippen LogP contribution in [0.5, 0.6) is 0 Å². The third-order valence-corrected chi connectivity index (χ3v) is 4.23. The van der Waals surface area contributed by atoms with Gasteiger partial charge in [-0.15, -0.1) is 0 Å². The number of nitrogens with two attached hydrogens (primary N) is 4. The predicted octanol–water partition coefficient (Wildman–Crippen LogP) is -3.62. The first-order valence-corrected chi connectivity index (χ1v) is 6.37. The lowest BCUT2D eigenvalue weighted by molar-refractivity contribution is -0.0129. The molecule has 7 heteroatoms. The van der Waals surface area contributed by atoms with Crippen molar-refractivity contribution in [2.45, 2.75) is 18.3 Å². The molecule has 1 aliphatic rings. The summed E-state index contributed by atoms with van der Waals surface area (Å²) in [6, 6.07) is 0. The highest BCUT2D eigenvalue weighted by molar-refractivity contribution is 5.03. The highest BCUT2D eigenvalue weighted by Gasteiger charge is 2.52. The number of hydrogen-bond acceptors (Lipinski definition) is 7. The molecule has 0 heterocycles. The molecule has 0 aromatic heterocycles. The molecule has 1 saturated carbocycles. The Morgan fingerprint density at radius 1 is 0.611 bits per heavy atom. The lowest BCUT2D eigenvalue weighted by Crippen LogP contribution is -2.42. The summed E-state index contributed by atoms with van der Waals surface area (Å²) in [6.07, 6.45) is -2.96. The van der Waals surface area contributed by atoms with Crippen LogP contribution in [0, 0.1) is 23.7 Å². The quantitative estimate of drug-likeness (QED) is 0.259. The summed E-state index contributed by atoms with van der Waals surface area (Å²) in [5.41, 5.74) is 22.3. The van der Waals surface area contributed by atoms with Crippen LogP contribution in [-0.2, 0) is 0 Å². The van der Waals surface area contributed by atoms with E-state index < -0.39 is 30.1 Å². The maximum atomic E-state index is 10.3. The van der Waals surface area contributed by atoms with Gasteiger partial charge in [0.05, 0.1) is 18.3 Å². The summed E-state index contributed by atoms with van der Waals surface area (Å²) in [5, 5.41) is 30.4.